The van der Waals surface area contributed by atoms with Crippen LogP contribution in [0, 0.1) is 12.7 Å². The van der Waals surface area contributed by atoms with E-state index in [2.05, 4.69) is 10.3 Å². The molecule has 2 rings (SSSR count). The number of aryl methyl sites for hydroxylation is 1. The van der Waals surface area contributed by atoms with E-state index in [0.717, 1.165) is 5.52 Å². The molecule has 5 nitrogen and oxygen atoms in total. The van der Waals surface area contributed by atoms with Crippen molar-refractivity contribution in [3.05, 3.63) is 29.3 Å². The van der Waals surface area contributed by atoms with Gasteiger partial charge in [-0.3, -0.25) is 0 Å². The van der Waals surface area contributed by atoms with Crippen molar-refractivity contribution in [2.75, 3.05) is 6.54 Å². The number of alkyl halides is 1. The second kappa shape index (κ2) is 5.66. The first-order valence-corrected chi connectivity index (χ1v) is 6.67. The van der Waals surface area contributed by atoms with E-state index in [1.54, 1.807) is 19.9 Å². The summed E-state index contributed by atoms with van der Waals surface area (Å²) in [6.45, 7) is 4.31. The summed E-state index contributed by atoms with van der Waals surface area (Å²) in [5.74, 6) is 0.337. The molecule has 0 spiro atoms. The van der Waals surface area contributed by atoms with E-state index < -0.39 is 6.03 Å². The van der Waals surface area contributed by atoms with Gasteiger partial charge in [-0.2, -0.15) is 0 Å². The maximum absolute atomic E-state index is 13.6. The lowest BCUT2D eigenvalue weighted by Crippen LogP contribution is -2.32. The molecule has 3 N–H and O–H groups in total. The number of nitrogens with two attached hydrogens (primary N) is 1. The molecule has 1 heterocycles. The van der Waals surface area contributed by atoms with E-state index in [9.17, 15) is 9.18 Å². The molecule has 0 saturated heterocycles. The second-order valence-corrected chi connectivity index (χ2v) is 5.27. The molecular formula is C13H16ClFN4O. The van der Waals surface area contributed by atoms with E-state index in [1.807, 2.05) is 4.57 Å². The summed E-state index contributed by atoms with van der Waals surface area (Å²) < 4.78 is 15.5. The summed E-state index contributed by atoms with van der Waals surface area (Å²) in [4.78, 5) is 15.1. The summed E-state index contributed by atoms with van der Waals surface area (Å²) in [5.41, 5.74) is 6.91. The molecule has 1 unspecified atom stereocenters. The summed E-state index contributed by atoms with van der Waals surface area (Å²) >= 11 is 6.11. The number of benzene rings is 1. The van der Waals surface area contributed by atoms with Gasteiger partial charge < -0.3 is 15.6 Å². The Labute approximate surface area is 120 Å². The average Bonchev–Trinajstić information content (AvgIpc) is 2.68. The number of urea groups is 1. The van der Waals surface area contributed by atoms with Gasteiger partial charge in [-0.05, 0) is 25.5 Å². The van der Waals surface area contributed by atoms with Crippen LogP contribution in [0.15, 0.2) is 12.1 Å². The molecule has 2 amide bonds. The van der Waals surface area contributed by atoms with Gasteiger partial charge in [0.1, 0.15) is 11.6 Å². The highest BCUT2D eigenvalue weighted by atomic mass is 35.5. The molecule has 1 atom stereocenters. The number of fused-ring (bicyclic) bond motifs is 1. The lowest BCUT2D eigenvalue weighted by molar-refractivity contribution is 0.248. The molecule has 108 valence electrons. The first-order chi connectivity index (χ1) is 9.40. The Bertz CT molecular complexity index is 653. The van der Waals surface area contributed by atoms with Crippen LogP contribution in [0.2, 0.25) is 0 Å². The summed E-state index contributed by atoms with van der Waals surface area (Å²) in [6.07, 6.45) is 0. The standard InChI is InChI=1S/C13H16ClFN4O/c1-7-5-11-10(6-9(7)15)18-12(8(2)14)19(11)4-3-17-13(16)20/h5-6,8H,3-4H2,1-2H3,(H3,16,17,20). The number of amides is 2. The number of nitrogens with zero attached hydrogens (tertiary/aromatic N) is 2. The molecule has 0 aliphatic carbocycles. The van der Waals surface area contributed by atoms with E-state index in [0.29, 0.717) is 30.0 Å². The zero-order chi connectivity index (χ0) is 14.9. The van der Waals surface area contributed by atoms with Crippen molar-refractivity contribution in [2.24, 2.45) is 5.73 Å². The number of carbonyl (C=O) groups is 1. The Morgan fingerprint density at radius 1 is 1.60 bits per heavy atom. The van der Waals surface area contributed by atoms with Crippen LogP contribution < -0.4 is 11.1 Å². The number of aromatic nitrogens is 2. The third-order valence-corrected chi connectivity index (χ3v) is 3.24. The van der Waals surface area contributed by atoms with E-state index in [4.69, 9.17) is 17.3 Å². The fraction of sp³-hybridized carbons (Fsp3) is 0.385. The largest absolute Gasteiger partial charge is 0.352 e. The van der Waals surface area contributed by atoms with Crippen molar-refractivity contribution < 1.29 is 9.18 Å². The van der Waals surface area contributed by atoms with Crippen molar-refractivity contribution in [3.63, 3.8) is 0 Å². The first-order valence-electron chi connectivity index (χ1n) is 6.23. The topological polar surface area (TPSA) is 72.9 Å². The SMILES string of the molecule is Cc1cc2c(cc1F)nc(C(C)Cl)n2CCNC(N)=O. The zero-order valence-electron chi connectivity index (χ0n) is 11.3. The molecule has 0 aliphatic heterocycles. The van der Waals surface area contributed by atoms with Crippen LogP contribution in [0.3, 0.4) is 0 Å². The predicted octanol–water partition coefficient (Wildman–Crippen LogP) is 2.45. The van der Waals surface area contributed by atoms with Crippen LogP contribution in [0.5, 0.6) is 0 Å². The van der Waals surface area contributed by atoms with E-state index >= 15 is 0 Å². The number of halogens is 2. The molecule has 1 aromatic heterocycles. The van der Waals surface area contributed by atoms with Crippen molar-refractivity contribution in [1.29, 1.82) is 0 Å². The Kier molecular flexibility index (Phi) is 4.13. The Morgan fingerprint density at radius 2 is 2.30 bits per heavy atom. The molecule has 7 heteroatoms. The Morgan fingerprint density at radius 3 is 2.90 bits per heavy atom. The Balaban J connectivity index is 2.45. The van der Waals surface area contributed by atoms with Crippen LogP contribution in [0.1, 0.15) is 23.7 Å². The predicted molar refractivity (Wildman–Crippen MR) is 76.3 cm³/mol. The molecule has 0 bridgehead atoms. The van der Waals surface area contributed by atoms with Gasteiger partial charge in [0.25, 0.3) is 0 Å². The van der Waals surface area contributed by atoms with Gasteiger partial charge in [0.15, 0.2) is 0 Å². The van der Waals surface area contributed by atoms with E-state index in [-0.39, 0.29) is 11.2 Å². The highest BCUT2D eigenvalue weighted by molar-refractivity contribution is 6.20. The number of hydrogen-bond acceptors (Lipinski definition) is 2. The van der Waals surface area contributed by atoms with Crippen molar-refractivity contribution in [3.8, 4) is 0 Å². The number of nitrogens with one attached hydrogen (secondary N) is 1. The fourth-order valence-corrected chi connectivity index (χ4v) is 2.26. The van der Waals surface area contributed by atoms with Gasteiger partial charge in [0.2, 0.25) is 0 Å². The van der Waals surface area contributed by atoms with Gasteiger partial charge in [0, 0.05) is 19.2 Å². The van der Waals surface area contributed by atoms with Crippen LogP contribution in [0.25, 0.3) is 11.0 Å². The maximum Gasteiger partial charge on any atom is 0.312 e. The molecule has 0 saturated carbocycles. The third-order valence-electron chi connectivity index (χ3n) is 3.05. The number of imidazole rings is 1. The molecule has 0 fully saturated rings. The summed E-state index contributed by atoms with van der Waals surface area (Å²) in [6, 6.07) is 2.54. The normalized spacial score (nSPS) is 12.6. The highest BCUT2D eigenvalue weighted by Crippen LogP contribution is 2.26. The highest BCUT2D eigenvalue weighted by Gasteiger charge is 2.16. The molecular weight excluding hydrogens is 283 g/mol. The minimum Gasteiger partial charge on any atom is -0.352 e. The van der Waals surface area contributed by atoms with Crippen LogP contribution in [0.4, 0.5) is 9.18 Å². The second-order valence-electron chi connectivity index (χ2n) is 4.62. The molecule has 20 heavy (non-hydrogen) atoms. The van der Waals surface area contributed by atoms with Gasteiger partial charge in [0.05, 0.1) is 16.4 Å². The van der Waals surface area contributed by atoms with E-state index in [1.165, 1.54) is 6.07 Å². The maximum atomic E-state index is 13.6. The van der Waals surface area contributed by atoms with Crippen LogP contribution in [-0.2, 0) is 6.54 Å². The van der Waals surface area contributed by atoms with Crippen molar-refractivity contribution >= 4 is 28.7 Å². The van der Waals surface area contributed by atoms with Gasteiger partial charge in [-0.15, -0.1) is 11.6 Å². The first kappa shape index (κ1) is 14.6. The monoisotopic (exact) mass is 298 g/mol. The van der Waals surface area contributed by atoms with Crippen molar-refractivity contribution in [1.82, 2.24) is 14.9 Å². The minimum absolute atomic E-state index is 0.300. The number of rotatable bonds is 4. The minimum atomic E-state index is -0.586. The van der Waals surface area contributed by atoms with Gasteiger partial charge >= 0.3 is 6.03 Å². The van der Waals surface area contributed by atoms with Crippen LogP contribution >= 0.6 is 11.6 Å². The summed E-state index contributed by atoms with van der Waals surface area (Å²) in [7, 11) is 0. The summed E-state index contributed by atoms with van der Waals surface area (Å²) in [5, 5.41) is 2.19. The zero-order valence-corrected chi connectivity index (χ0v) is 12.0. The van der Waals surface area contributed by atoms with Crippen LogP contribution in [-0.4, -0.2) is 22.1 Å². The molecule has 1 aromatic carbocycles. The van der Waals surface area contributed by atoms with Gasteiger partial charge in [-0.1, -0.05) is 0 Å². The number of carbonyl (C=O) groups excluding carboxylic acids is 1. The lowest BCUT2D eigenvalue weighted by Gasteiger charge is -2.11. The lowest BCUT2D eigenvalue weighted by atomic mass is 10.2. The van der Waals surface area contributed by atoms with Gasteiger partial charge in [-0.25, -0.2) is 14.2 Å². The molecule has 2 aromatic rings. The number of primary amides is 1. The Hall–Kier alpha value is -1.82. The fourth-order valence-electron chi connectivity index (χ4n) is 2.10. The number of hydrogen-bond donors (Lipinski definition) is 2. The smallest absolute Gasteiger partial charge is 0.312 e. The average molecular weight is 299 g/mol. The third kappa shape index (κ3) is 2.85. The quantitative estimate of drug-likeness (QED) is 0.851. The molecule has 0 radical (unpaired) electrons. The van der Waals surface area contributed by atoms with Crippen molar-refractivity contribution in [2.45, 2.75) is 25.8 Å². The molecule has 0 aliphatic rings.